The van der Waals surface area contributed by atoms with Gasteiger partial charge in [-0.05, 0) is 91.2 Å². The van der Waals surface area contributed by atoms with E-state index in [1.54, 1.807) is 47.8 Å². The fraction of sp³-hybridized carbons (Fsp3) is 0.431. The average Bonchev–Trinajstić information content (AvgIpc) is 4.24. The molecule has 25 nitrogen and oxygen atoms in total. The van der Waals surface area contributed by atoms with Crippen molar-refractivity contribution >= 4 is 63.7 Å². The second-order valence-corrected chi connectivity index (χ2v) is 19.7. The summed E-state index contributed by atoms with van der Waals surface area (Å²) in [6, 6.07) is 6.10. The maximum Gasteiger partial charge on any atom is 0.410 e. The van der Waals surface area contributed by atoms with E-state index < -0.39 is 29.2 Å². The number of allylic oxidation sites excluding steroid dienone is 2. The normalized spacial score (nSPS) is 14.4. The molecule has 9 rings (SSSR count). The van der Waals surface area contributed by atoms with Crippen LogP contribution >= 0.6 is 0 Å². The van der Waals surface area contributed by atoms with E-state index in [9.17, 15) is 24.0 Å². The van der Waals surface area contributed by atoms with Crippen LogP contribution in [0.25, 0.3) is 22.1 Å². The van der Waals surface area contributed by atoms with E-state index in [1.807, 2.05) is 32.9 Å². The molecule has 2 aromatic carbocycles. The monoisotopic (exact) mass is 1040 g/mol. The summed E-state index contributed by atoms with van der Waals surface area (Å²) in [5.74, 6) is 0.800. The molecule has 0 spiro atoms. The van der Waals surface area contributed by atoms with Crippen LogP contribution in [0.2, 0.25) is 0 Å². The van der Waals surface area contributed by atoms with Crippen molar-refractivity contribution in [3.05, 3.63) is 93.9 Å². The van der Waals surface area contributed by atoms with E-state index in [-0.39, 0.29) is 72.0 Å². The van der Waals surface area contributed by atoms with Crippen molar-refractivity contribution in [2.75, 3.05) is 50.5 Å². The van der Waals surface area contributed by atoms with Crippen molar-refractivity contribution in [3.8, 4) is 11.5 Å². The lowest BCUT2D eigenvalue weighted by Crippen LogP contribution is -2.42. The predicted octanol–water partition coefficient (Wildman–Crippen LogP) is 5.55. The molecule has 7 heterocycles. The molecule has 5 amide bonds. The van der Waals surface area contributed by atoms with Crippen molar-refractivity contribution < 1.29 is 47.0 Å². The van der Waals surface area contributed by atoms with Gasteiger partial charge in [-0.25, -0.2) is 24.7 Å². The third-order valence-corrected chi connectivity index (χ3v) is 13.1. The number of nitrogens with zero attached hydrogens (tertiary/aromatic N) is 11. The Kier molecular flexibility index (Phi) is 14.7. The maximum absolute atomic E-state index is 13.8. The van der Waals surface area contributed by atoms with Crippen LogP contribution in [-0.4, -0.2) is 129 Å². The molecule has 0 radical (unpaired) electrons. The van der Waals surface area contributed by atoms with E-state index in [0.717, 1.165) is 44.1 Å². The summed E-state index contributed by atoms with van der Waals surface area (Å²) in [6.07, 6.45) is 5.70. The fourth-order valence-corrected chi connectivity index (χ4v) is 9.57. The van der Waals surface area contributed by atoms with E-state index in [2.05, 4.69) is 45.2 Å². The van der Waals surface area contributed by atoms with Gasteiger partial charge < -0.3 is 53.1 Å². The van der Waals surface area contributed by atoms with Crippen molar-refractivity contribution in [1.29, 1.82) is 0 Å². The Morgan fingerprint density at radius 2 is 1.28 bits per heavy atom. The van der Waals surface area contributed by atoms with Crippen LogP contribution in [0, 0.1) is 27.7 Å². The molecule has 0 aliphatic carbocycles. The molecule has 7 aromatic rings. The number of hydrogen-bond donors (Lipinski definition) is 4. The number of carbonyl (C=O) groups is 5. The first-order chi connectivity index (χ1) is 36.2. The van der Waals surface area contributed by atoms with Crippen LogP contribution in [-0.2, 0) is 30.9 Å². The molecule has 25 heteroatoms. The lowest BCUT2D eigenvalue weighted by atomic mass is 9.95. The molecule has 0 unspecified atom stereocenters. The highest BCUT2D eigenvalue weighted by Crippen LogP contribution is 2.34. The number of aromatic nitrogens is 9. The minimum atomic E-state index is -0.695. The zero-order valence-electron chi connectivity index (χ0n) is 43.7. The highest BCUT2D eigenvalue weighted by molar-refractivity contribution is 6.05. The summed E-state index contributed by atoms with van der Waals surface area (Å²) in [4.78, 5) is 87.0. The average molecular weight is 1040 g/mol. The van der Waals surface area contributed by atoms with Gasteiger partial charge in [0.05, 0.1) is 42.7 Å². The van der Waals surface area contributed by atoms with Crippen molar-refractivity contribution in [3.63, 3.8) is 0 Å². The number of oxazole rings is 2. The first kappa shape index (κ1) is 52.3. The number of piperidine rings is 1. The van der Waals surface area contributed by atoms with Gasteiger partial charge in [0.15, 0.2) is 17.6 Å². The Morgan fingerprint density at radius 1 is 0.737 bits per heavy atom. The van der Waals surface area contributed by atoms with Gasteiger partial charge in [-0.15, -0.1) is 10.2 Å². The molecule has 76 heavy (non-hydrogen) atoms. The molecule has 5 aromatic heterocycles. The van der Waals surface area contributed by atoms with Gasteiger partial charge in [0.1, 0.15) is 34.0 Å². The number of nitrogens with one attached hydrogen (secondary N) is 2. The van der Waals surface area contributed by atoms with Crippen LogP contribution in [0.1, 0.15) is 123 Å². The Morgan fingerprint density at radius 3 is 1.78 bits per heavy atom. The van der Waals surface area contributed by atoms with Crippen LogP contribution < -0.4 is 31.6 Å². The Balaban J connectivity index is 0.939. The number of benzene rings is 2. The lowest BCUT2D eigenvalue weighted by Gasteiger charge is -2.33. The first-order valence-electron chi connectivity index (χ1n) is 24.9. The minimum Gasteiger partial charge on any atom is -0.494 e. The molecule has 1 fully saturated rings. The first-order valence-corrected chi connectivity index (χ1v) is 24.9. The fourth-order valence-electron chi connectivity index (χ4n) is 9.57. The number of primary amides is 2. The molecular weight excluding hydrogens is 983 g/mol. The number of likely N-dealkylation sites (tertiary alicyclic amines) is 1. The minimum absolute atomic E-state index is 0.00288. The van der Waals surface area contributed by atoms with E-state index in [0.29, 0.717) is 77.0 Å². The predicted molar refractivity (Wildman–Crippen MR) is 275 cm³/mol. The topological polar surface area (TPSA) is 314 Å². The molecule has 1 saturated heterocycles. The van der Waals surface area contributed by atoms with Gasteiger partial charge in [0.2, 0.25) is 35.2 Å². The van der Waals surface area contributed by atoms with Gasteiger partial charge in [0.25, 0.3) is 11.8 Å². The van der Waals surface area contributed by atoms with Gasteiger partial charge in [-0.1, -0.05) is 12.2 Å². The highest BCUT2D eigenvalue weighted by atomic mass is 16.6. The van der Waals surface area contributed by atoms with E-state index in [1.165, 1.54) is 25.3 Å². The molecule has 0 saturated carbocycles. The number of nitrogens with two attached hydrogens (primary N) is 2. The number of carbonyl (C=O) groups excluding carboxylic acids is 5. The third kappa shape index (κ3) is 11.1. The lowest BCUT2D eigenvalue weighted by molar-refractivity contribution is 0.0193. The van der Waals surface area contributed by atoms with Crippen molar-refractivity contribution in [2.24, 2.45) is 11.5 Å². The largest absolute Gasteiger partial charge is 0.494 e. The summed E-state index contributed by atoms with van der Waals surface area (Å²) in [7, 11) is 1.44. The number of aryl methyl sites for hydroxylation is 4. The molecule has 0 bridgehead atoms. The Labute approximate surface area is 435 Å². The van der Waals surface area contributed by atoms with E-state index >= 15 is 0 Å². The number of amides is 5. The number of anilines is 2. The van der Waals surface area contributed by atoms with Crippen LogP contribution in [0.4, 0.5) is 16.7 Å². The van der Waals surface area contributed by atoms with Gasteiger partial charge in [-0.3, -0.25) is 34.7 Å². The smallest absolute Gasteiger partial charge is 0.410 e. The SMILES string of the molecule is COc1cc(C(N)=O)cc2nc(NC(=O)c3oc(C)nc3C)n(C/C=C/Cn3c(NC(=O)c4oc(C)nc4C)nc4cc(C(N)=O)cc(OCCCN5CCC(c6nnc7n6CCN(C(=O)OC(C)(C)C)C7)CC5)c43)c12. The Hall–Kier alpha value is -8.61. The quantitative estimate of drug-likeness (QED) is 0.0641. The Bertz CT molecular complexity index is 3420. The highest BCUT2D eigenvalue weighted by Gasteiger charge is 2.32. The molecule has 2 aliphatic heterocycles. The number of hydrogen-bond acceptors (Lipinski definition) is 17. The molecule has 6 N–H and O–H groups in total. The summed E-state index contributed by atoms with van der Waals surface area (Å²) in [5, 5.41) is 14.7. The van der Waals surface area contributed by atoms with Crippen molar-refractivity contribution in [2.45, 2.75) is 105 Å². The molecule has 400 valence electrons. The summed E-state index contributed by atoms with van der Waals surface area (Å²) in [6.45, 7) is 16.5. The van der Waals surface area contributed by atoms with Crippen LogP contribution in [0.15, 0.2) is 45.3 Å². The number of methoxy groups -OCH3 is 1. The summed E-state index contributed by atoms with van der Waals surface area (Å²) >= 11 is 0. The molecule has 0 atom stereocenters. The standard InChI is InChI=1S/C51H61N15O10/c1-27-41(74-29(3)54-27)46(69)58-48-56-34-22-32(43(52)67)24-36(72-8)39(34)65(48)15-9-10-16-66-40-35(57-49(66)59-47(70)42-28(2)55-30(4)75-42)23-33(44(53)68)25-37(40)73-21-11-14-62-17-12-31(13-18-62)45-61-60-38-26-63(19-20-64(38)45)50(71)76-51(5,6)7/h9-10,22-25,31H,11-21,26H2,1-8H3,(H2,52,67)(H2,53,68)(H,56,58,69)(H,57,59,70)/b10-9+. The second-order valence-electron chi connectivity index (χ2n) is 19.7. The molecule has 2 aliphatic rings. The van der Waals surface area contributed by atoms with Crippen molar-refractivity contribution in [1.82, 2.24) is 53.6 Å². The number of imidazole rings is 2. The summed E-state index contributed by atoms with van der Waals surface area (Å²) < 4.78 is 34.6. The second kappa shape index (κ2) is 21.3. The van der Waals surface area contributed by atoms with E-state index in [4.69, 9.17) is 39.5 Å². The maximum atomic E-state index is 13.8. The number of fused-ring (bicyclic) bond motifs is 3. The number of ether oxygens (including phenoxy) is 3. The van der Waals surface area contributed by atoms with Crippen LogP contribution in [0.3, 0.4) is 0 Å². The van der Waals surface area contributed by atoms with Gasteiger partial charge in [-0.2, -0.15) is 0 Å². The summed E-state index contributed by atoms with van der Waals surface area (Å²) in [5.41, 5.74) is 13.6. The van der Waals surface area contributed by atoms with Gasteiger partial charge >= 0.3 is 6.09 Å². The third-order valence-electron chi connectivity index (χ3n) is 13.1. The number of rotatable bonds is 17. The zero-order valence-corrected chi connectivity index (χ0v) is 43.7. The molecular formula is C51H61N15O10. The van der Waals surface area contributed by atoms with Crippen LogP contribution in [0.5, 0.6) is 11.5 Å². The van der Waals surface area contributed by atoms with Gasteiger partial charge in [0, 0.05) is 63.6 Å². The zero-order chi connectivity index (χ0) is 54.2.